The van der Waals surface area contributed by atoms with Crippen LogP contribution >= 0.6 is 11.3 Å². The summed E-state index contributed by atoms with van der Waals surface area (Å²) in [5.41, 5.74) is 4.56. The van der Waals surface area contributed by atoms with E-state index >= 15 is 0 Å². The largest absolute Gasteiger partial charge is 0.280 e. The Morgan fingerprint density at radius 2 is 1.97 bits per heavy atom. The summed E-state index contributed by atoms with van der Waals surface area (Å²) in [6.07, 6.45) is 5.34. The molecule has 0 saturated carbocycles. The number of hydrogen-bond donors (Lipinski definition) is 0. The summed E-state index contributed by atoms with van der Waals surface area (Å²) >= 11 is 1.54. The molecular weight excluding hydrogens is 382 g/mol. The summed E-state index contributed by atoms with van der Waals surface area (Å²) in [6.45, 7) is 8.57. The number of benzene rings is 1. The molecule has 0 aliphatic carbocycles. The van der Waals surface area contributed by atoms with Crippen molar-refractivity contribution in [2.24, 2.45) is 0 Å². The summed E-state index contributed by atoms with van der Waals surface area (Å²) < 4.78 is 2.90. The third kappa shape index (κ3) is 3.78. The molecule has 0 bridgehead atoms. The molecule has 0 spiro atoms. The predicted octanol–water partition coefficient (Wildman–Crippen LogP) is 4.93. The summed E-state index contributed by atoms with van der Waals surface area (Å²) in [5, 5.41) is 5.15. The van der Waals surface area contributed by atoms with Gasteiger partial charge in [-0.1, -0.05) is 29.5 Å². The molecule has 6 nitrogen and oxygen atoms in total. The fraction of sp³-hybridized carbons (Fsp3) is 0.273. The van der Waals surface area contributed by atoms with E-state index < -0.39 is 0 Å². The van der Waals surface area contributed by atoms with Gasteiger partial charge in [-0.15, -0.1) is 0 Å². The molecule has 0 atom stereocenters. The zero-order chi connectivity index (χ0) is 20.5. The van der Waals surface area contributed by atoms with Crippen molar-refractivity contribution in [1.82, 2.24) is 19.7 Å². The number of thiazole rings is 1. The normalized spacial score (nSPS) is 11.3. The highest BCUT2D eigenvalue weighted by molar-refractivity contribution is 7.22. The first-order chi connectivity index (χ1) is 13.9. The van der Waals surface area contributed by atoms with Gasteiger partial charge in [0.2, 0.25) is 0 Å². The average Bonchev–Trinajstić information content (AvgIpc) is 3.37. The zero-order valence-electron chi connectivity index (χ0n) is 17.0. The molecule has 148 valence electrons. The van der Waals surface area contributed by atoms with Gasteiger partial charge in [-0.25, -0.2) is 4.98 Å². The molecule has 0 unspecified atom stereocenters. The molecule has 0 saturated heterocycles. The van der Waals surface area contributed by atoms with Crippen LogP contribution in [-0.2, 0) is 6.54 Å². The average molecular weight is 406 g/mol. The van der Waals surface area contributed by atoms with Crippen LogP contribution in [0.25, 0.3) is 10.2 Å². The quantitative estimate of drug-likeness (QED) is 0.472. The van der Waals surface area contributed by atoms with Crippen LogP contribution in [-0.4, -0.2) is 25.7 Å². The first-order valence-electron chi connectivity index (χ1n) is 9.56. The number of aryl methyl sites for hydroxylation is 2. The number of rotatable bonds is 5. The highest BCUT2D eigenvalue weighted by Gasteiger charge is 2.24. The molecule has 4 aromatic rings. The van der Waals surface area contributed by atoms with Crippen LogP contribution in [0.1, 0.15) is 47.1 Å². The van der Waals surface area contributed by atoms with Crippen molar-refractivity contribution in [2.75, 3.05) is 4.90 Å². The van der Waals surface area contributed by atoms with E-state index in [1.54, 1.807) is 39.4 Å². The van der Waals surface area contributed by atoms with Crippen molar-refractivity contribution in [1.29, 1.82) is 0 Å². The van der Waals surface area contributed by atoms with Crippen LogP contribution in [0.5, 0.6) is 0 Å². The van der Waals surface area contributed by atoms with Gasteiger partial charge >= 0.3 is 0 Å². The van der Waals surface area contributed by atoms with E-state index in [2.05, 4.69) is 29.1 Å². The Hall–Kier alpha value is -3.06. The number of carbonyl (C=O) groups excluding carboxylic acids is 1. The molecule has 29 heavy (non-hydrogen) atoms. The van der Waals surface area contributed by atoms with Gasteiger partial charge < -0.3 is 0 Å². The van der Waals surface area contributed by atoms with E-state index in [-0.39, 0.29) is 11.9 Å². The highest BCUT2D eigenvalue weighted by atomic mass is 32.1. The van der Waals surface area contributed by atoms with Gasteiger partial charge in [0, 0.05) is 24.6 Å². The molecule has 3 heterocycles. The highest BCUT2D eigenvalue weighted by Crippen LogP contribution is 2.34. The number of anilines is 1. The molecule has 0 aliphatic heterocycles. The minimum Gasteiger partial charge on any atom is -0.278 e. The molecule has 0 radical (unpaired) electrons. The number of hydrogen-bond acceptors (Lipinski definition) is 5. The van der Waals surface area contributed by atoms with Crippen molar-refractivity contribution in [3.63, 3.8) is 0 Å². The zero-order valence-corrected chi connectivity index (χ0v) is 17.8. The summed E-state index contributed by atoms with van der Waals surface area (Å²) in [7, 11) is 0. The molecule has 7 heteroatoms. The van der Waals surface area contributed by atoms with Crippen molar-refractivity contribution in [3.05, 3.63) is 71.3 Å². The Labute approximate surface area is 173 Å². The number of pyridine rings is 1. The Kier molecular flexibility index (Phi) is 5.15. The van der Waals surface area contributed by atoms with Gasteiger partial charge in [0.15, 0.2) is 10.8 Å². The van der Waals surface area contributed by atoms with Gasteiger partial charge in [0.1, 0.15) is 0 Å². The van der Waals surface area contributed by atoms with Gasteiger partial charge in [-0.2, -0.15) is 5.10 Å². The third-order valence-electron chi connectivity index (χ3n) is 4.83. The Morgan fingerprint density at radius 3 is 2.62 bits per heavy atom. The van der Waals surface area contributed by atoms with Crippen LogP contribution in [0.3, 0.4) is 0 Å². The maximum Gasteiger partial charge on any atom is 0.280 e. The standard InChI is InChI=1S/C22H23N5OS/c1-14(2)27-11-9-18(25-27)21(28)26(13-17-6-5-10-23-12-17)22-24-19-15(3)7-8-16(4)20(19)29-22/h5-12,14H,13H2,1-4H3. The van der Waals surface area contributed by atoms with E-state index in [1.807, 2.05) is 39.1 Å². The monoisotopic (exact) mass is 405 g/mol. The predicted molar refractivity (Wildman–Crippen MR) is 116 cm³/mol. The minimum atomic E-state index is -0.164. The van der Waals surface area contributed by atoms with Crippen LogP contribution in [0.2, 0.25) is 0 Å². The SMILES string of the molecule is Cc1ccc(C)c2sc(N(Cc3cccnc3)C(=O)c3ccn(C(C)C)n3)nc12. The second-order valence-corrected chi connectivity index (χ2v) is 8.38. The first kappa shape index (κ1) is 19.3. The molecule has 3 aromatic heterocycles. The van der Waals surface area contributed by atoms with E-state index in [1.165, 1.54) is 0 Å². The van der Waals surface area contributed by atoms with Crippen molar-refractivity contribution in [3.8, 4) is 0 Å². The number of carbonyl (C=O) groups is 1. The van der Waals surface area contributed by atoms with Crippen molar-refractivity contribution in [2.45, 2.75) is 40.3 Å². The van der Waals surface area contributed by atoms with Crippen LogP contribution in [0, 0.1) is 13.8 Å². The van der Waals surface area contributed by atoms with Gasteiger partial charge in [0.05, 0.1) is 16.8 Å². The fourth-order valence-electron chi connectivity index (χ4n) is 3.14. The van der Waals surface area contributed by atoms with E-state index in [4.69, 9.17) is 4.98 Å². The maximum atomic E-state index is 13.4. The number of aromatic nitrogens is 4. The Balaban J connectivity index is 1.78. The van der Waals surface area contributed by atoms with Gasteiger partial charge in [0.25, 0.3) is 5.91 Å². The molecule has 0 aliphatic rings. The maximum absolute atomic E-state index is 13.4. The Morgan fingerprint density at radius 1 is 1.17 bits per heavy atom. The minimum absolute atomic E-state index is 0.164. The van der Waals surface area contributed by atoms with E-state index in [0.29, 0.717) is 17.4 Å². The van der Waals surface area contributed by atoms with Crippen LogP contribution in [0.4, 0.5) is 5.13 Å². The lowest BCUT2D eigenvalue weighted by Gasteiger charge is -2.19. The molecule has 0 N–H and O–H groups in total. The van der Waals surface area contributed by atoms with E-state index in [9.17, 15) is 4.79 Å². The number of fused-ring (bicyclic) bond motifs is 1. The number of nitrogens with zero attached hydrogens (tertiary/aromatic N) is 5. The molecular formula is C22H23N5OS. The molecule has 1 aromatic carbocycles. The van der Waals surface area contributed by atoms with Crippen molar-refractivity contribution < 1.29 is 4.79 Å². The van der Waals surface area contributed by atoms with Crippen molar-refractivity contribution >= 4 is 32.6 Å². The summed E-state index contributed by atoms with van der Waals surface area (Å²) in [5.74, 6) is -0.164. The Bertz CT molecular complexity index is 1120. The topological polar surface area (TPSA) is 63.9 Å². The third-order valence-corrected chi connectivity index (χ3v) is 6.04. The lowest BCUT2D eigenvalue weighted by atomic mass is 10.1. The molecule has 1 amide bonds. The lowest BCUT2D eigenvalue weighted by molar-refractivity contribution is 0.0979. The van der Waals surface area contributed by atoms with E-state index in [0.717, 1.165) is 26.9 Å². The molecule has 0 fully saturated rings. The fourth-order valence-corrected chi connectivity index (χ4v) is 4.25. The molecule has 4 rings (SSSR count). The first-order valence-corrected chi connectivity index (χ1v) is 10.4. The summed E-state index contributed by atoms with van der Waals surface area (Å²) in [6, 6.07) is 9.95. The second kappa shape index (κ2) is 7.75. The lowest BCUT2D eigenvalue weighted by Crippen LogP contribution is -2.31. The number of amides is 1. The van der Waals surface area contributed by atoms with Crippen LogP contribution < -0.4 is 4.90 Å². The van der Waals surface area contributed by atoms with Gasteiger partial charge in [-0.3, -0.25) is 19.4 Å². The summed E-state index contributed by atoms with van der Waals surface area (Å²) in [4.78, 5) is 24.1. The second-order valence-electron chi connectivity index (χ2n) is 7.40. The van der Waals surface area contributed by atoms with Crippen LogP contribution in [0.15, 0.2) is 48.9 Å². The smallest absolute Gasteiger partial charge is 0.278 e. The van der Waals surface area contributed by atoms with Gasteiger partial charge in [-0.05, 0) is 56.5 Å².